The fraction of sp³-hybridized carbons (Fsp3) is 0.308. The number of nitrogens with two attached hydrogens (primary N) is 1. The lowest BCUT2D eigenvalue weighted by Gasteiger charge is -2.42. The van der Waals surface area contributed by atoms with Crippen LogP contribution >= 0.6 is 0 Å². The van der Waals surface area contributed by atoms with Gasteiger partial charge in [0.1, 0.15) is 11.6 Å². The highest BCUT2D eigenvalue weighted by atomic mass is 16.2. The minimum atomic E-state index is -0.907. The first-order valence-corrected chi connectivity index (χ1v) is 5.78. The number of rotatable bonds is 1. The van der Waals surface area contributed by atoms with Gasteiger partial charge >= 0.3 is 0 Å². The highest BCUT2D eigenvalue weighted by Crippen LogP contribution is 2.30. The van der Waals surface area contributed by atoms with E-state index in [1.165, 1.54) is 6.07 Å². The number of nitrogens with zero attached hydrogens (tertiary/aromatic N) is 2. The molecule has 0 saturated carbocycles. The van der Waals surface area contributed by atoms with Crippen LogP contribution in [-0.2, 0) is 9.59 Å². The molecule has 0 aromatic heterocycles. The summed E-state index contributed by atoms with van der Waals surface area (Å²) in [5.41, 5.74) is 6.07. The zero-order valence-corrected chi connectivity index (χ0v) is 10.7. The van der Waals surface area contributed by atoms with Crippen LogP contribution in [0.15, 0.2) is 18.2 Å². The molecule has 1 heterocycles. The van der Waals surface area contributed by atoms with E-state index in [2.05, 4.69) is 5.32 Å². The second kappa shape index (κ2) is 4.28. The number of nitrogens with one attached hydrogen (secondary N) is 1. The third kappa shape index (κ3) is 2.10. The molecule has 0 unspecified atom stereocenters. The molecular formula is C13H14N4O2. The lowest BCUT2D eigenvalue weighted by Crippen LogP contribution is -2.64. The molecule has 3 N–H and O–H groups in total. The minimum absolute atomic E-state index is 0.0251. The van der Waals surface area contributed by atoms with Crippen molar-refractivity contribution in [3.63, 3.8) is 0 Å². The van der Waals surface area contributed by atoms with Crippen LogP contribution in [0.3, 0.4) is 0 Å². The molecule has 6 heteroatoms. The summed E-state index contributed by atoms with van der Waals surface area (Å²) in [5, 5.41) is 11.4. The summed E-state index contributed by atoms with van der Waals surface area (Å²) in [6.07, 6.45) is 0. The molecule has 0 aliphatic carbocycles. The summed E-state index contributed by atoms with van der Waals surface area (Å²) in [6, 6.07) is 6.86. The van der Waals surface area contributed by atoms with Gasteiger partial charge < -0.3 is 10.6 Å². The second-order valence-corrected chi connectivity index (χ2v) is 4.91. The normalized spacial score (nSPS) is 17.8. The number of hydrogen-bond acceptors (Lipinski definition) is 5. The summed E-state index contributed by atoms with van der Waals surface area (Å²) in [7, 11) is 0. The first-order chi connectivity index (χ1) is 8.86. The molecule has 6 nitrogen and oxygen atoms in total. The van der Waals surface area contributed by atoms with Gasteiger partial charge in [0.05, 0.1) is 17.8 Å². The third-order valence-corrected chi connectivity index (χ3v) is 3.22. The first-order valence-electron chi connectivity index (χ1n) is 5.78. The van der Waals surface area contributed by atoms with Crippen molar-refractivity contribution in [2.45, 2.75) is 19.4 Å². The SMILES string of the molecule is CC1(C)C(=O)NC(=O)CN1c1ccc(N)cc1C#N. The fourth-order valence-electron chi connectivity index (χ4n) is 2.05. The van der Waals surface area contributed by atoms with Crippen molar-refractivity contribution in [2.75, 3.05) is 17.2 Å². The molecular weight excluding hydrogens is 244 g/mol. The maximum atomic E-state index is 11.9. The maximum absolute atomic E-state index is 11.9. The Morgan fingerprint density at radius 1 is 1.42 bits per heavy atom. The smallest absolute Gasteiger partial charge is 0.251 e. The monoisotopic (exact) mass is 258 g/mol. The van der Waals surface area contributed by atoms with E-state index in [0.29, 0.717) is 16.9 Å². The molecule has 0 atom stereocenters. The molecule has 0 spiro atoms. The van der Waals surface area contributed by atoms with Crippen molar-refractivity contribution in [1.29, 1.82) is 5.26 Å². The topological polar surface area (TPSA) is 99.2 Å². The minimum Gasteiger partial charge on any atom is -0.399 e. The molecule has 2 amide bonds. The molecule has 1 aliphatic heterocycles. The van der Waals surface area contributed by atoms with E-state index in [4.69, 9.17) is 11.0 Å². The van der Waals surface area contributed by atoms with E-state index in [9.17, 15) is 9.59 Å². The standard InChI is InChI=1S/C13H14N4O2/c1-13(2)12(19)16-11(18)7-17(13)10-4-3-9(15)5-8(10)6-14/h3-5H,7,15H2,1-2H3,(H,16,18,19). The van der Waals surface area contributed by atoms with Gasteiger partial charge in [-0.15, -0.1) is 0 Å². The molecule has 1 fully saturated rings. The zero-order chi connectivity index (χ0) is 14.2. The van der Waals surface area contributed by atoms with Gasteiger partial charge in [0.25, 0.3) is 5.91 Å². The van der Waals surface area contributed by atoms with Gasteiger partial charge in [0, 0.05) is 5.69 Å². The Balaban J connectivity index is 2.53. The van der Waals surface area contributed by atoms with E-state index in [1.54, 1.807) is 30.9 Å². The van der Waals surface area contributed by atoms with Gasteiger partial charge in [0.15, 0.2) is 0 Å². The van der Waals surface area contributed by atoms with Crippen LogP contribution in [0.2, 0.25) is 0 Å². The van der Waals surface area contributed by atoms with Crippen LogP contribution in [0.1, 0.15) is 19.4 Å². The van der Waals surface area contributed by atoms with Gasteiger partial charge in [0.2, 0.25) is 5.91 Å². The Morgan fingerprint density at radius 2 is 2.11 bits per heavy atom. The van der Waals surface area contributed by atoms with Crippen molar-refractivity contribution in [2.24, 2.45) is 0 Å². The van der Waals surface area contributed by atoms with Crippen molar-refractivity contribution in [3.05, 3.63) is 23.8 Å². The van der Waals surface area contributed by atoms with Gasteiger partial charge in [-0.25, -0.2) is 0 Å². The van der Waals surface area contributed by atoms with E-state index >= 15 is 0 Å². The average molecular weight is 258 g/mol. The van der Waals surface area contributed by atoms with Crippen LogP contribution < -0.4 is 16.0 Å². The Hall–Kier alpha value is -2.55. The Kier molecular flexibility index (Phi) is 2.91. The number of piperazine rings is 1. The number of carbonyl (C=O) groups excluding carboxylic acids is 2. The molecule has 2 rings (SSSR count). The van der Waals surface area contributed by atoms with E-state index < -0.39 is 5.54 Å². The van der Waals surface area contributed by atoms with Crippen LogP contribution in [0.4, 0.5) is 11.4 Å². The van der Waals surface area contributed by atoms with Crippen LogP contribution in [-0.4, -0.2) is 23.9 Å². The first kappa shape index (κ1) is 12.9. The Bertz CT molecular complexity index is 601. The second-order valence-electron chi connectivity index (χ2n) is 4.91. The van der Waals surface area contributed by atoms with Crippen molar-refractivity contribution >= 4 is 23.2 Å². The van der Waals surface area contributed by atoms with Crippen molar-refractivity contribution in [3.8, 4) is 6.07 Å². The number of benzene rings is 1. The third-order valence-electron chi connectivity index (χ3n) is 3.22. The summed E-state index contributed by atoms with van der Waals surface area (Å²) < 4.78 is 0. The Morgan fingerprint density at radius 3 is 2.74 bits per heavy atom. The van der Waals surface area contributed by atoms with Gasteiger partial charge in [-0.05, 0) is 32.0 Å². The molecule has 1 aliphatic rings. The lowest BCUT2D eigenvalue weighted by molar-refractivity contribution is -0.135. The zero-order valence-electron chi connectivity index (χ0n) is 10.7. The van der Waals surface area contributed by atoms with E-state index in [1.807, 2.05) is 6.07 Å². The lowest BCUT2D eigenvalue weighted by atomic mass is 9.96. The number of amides is 2. The number of imide groups is 1. The fourth-order valence-corrected chi connectivity index (χ4v) is 2.05. The molecule has 19 heavy (non-hydrogen) atoms. The van der Waals surface area contributed by atoms with Crippen molar-refractivity contribution < 1.29 is 9.59 Å². The maximum Gasteiger partial charge on any atom is 0.251 e. The largest absolute Gasteiger partial charge is 0.399 e. The highest BCUT2D eigenvalue weighted by molar-refractivity contribution is 6.07. The number of nitrogen functional groups attached to an aromatic ring is 1. The van der Waals surface area contributed by atoms with Gasteiger partial charge in [-0.1, -0.05) is 0 Å². The summed E-state index contributed by atoms with van der Waals surface area (Å²) in [4.78, 5) is 25.0. The number of hydrogen-bond donors (Lipinski definition) is 2. The average Bonchev–Trinajstić information content (AvgIpc) is 2.34. The quantitative estimate of drug-likeness (QED) is 0.560. The van der Waals surface area contributed by atoms with Gasteiger partial charge in [-0.3, -0.25) is 14.9 Å². The summed E-state index contributed by atoms with van der Waals surface area (Å²) in [5.74, 6) is -0.769. The molecule has 1 saturated heterocycles. The summed E-state index contributed by atoms with van der Waals surface area (Å²) in [6.45, 7) is 3.43. The molecule has 0 radical (unpaired) electrons. The van der Waals surface area contributed by atoms with E-state index in [-0.39, 0.29) is 18.4 Å². The predicted molar refractivity (Wildman–Crippen MR) is 70.1 cm³/mol. The molecule has 0 bridgehead atoms. The Labute approximate surface area is 110 Å². The highest BCUT2D eigenvalue weighted by Gasteiger charge is 2.41. The summed E-state index contributed by atoms with van der Waals surface area (Å²) >= 11 is 0. The van der Waals surface area contributed by atoms with Crippen molar-refractivity contribution in [1.82, 2.24) is 5.32 Å². The van der Waals surface area contributed by atoms with Crippen LogP contribution in [0.25, 0.3) is 0 Å². The predicted octanol–water partition coefficient (Wildman–Crippen LogP) is 0.382. The molecule has 1 aromatic carbocycles. The van der Waals surface area contributed by atoms with Gasteiger partial charge in [-0.2, -0.15) is 5.26 Å². The molecule has 98 valence electrons. The van der Waals surface area contributed by atoms with Crippen LogP contribution in [0.5, 0.6) is 0 Å². The number of carbonyl (C=O) groups is 2. The van der Waals surface area contributed by atoms with E-state index in [0.717, 1.165) is 0 Å². The molecule has 1 aromatic rings. The van der Waals surface area contributed by atoms with Crippen LogP contribution in [0, 0.1) is 11.3 Å². The number of anilines is 2. The number of nitriles is 1.